The van der Waals surface area contributed by atoms with E-state index >= 15 is 0 Å². The SMILES string of the molecule is C=N[B]N=[N+]=[N-]. The van der Waals surface area contributed by atoms with Crippen molar-refractivity contribution >= 4 is 14.3 Å². The first-order valence-corrected chi connectivity index (χ1v) is 1.23. The smallest absolute Gasteiger partial charge is 0.356 e. The summed E-state index contributed by atoms with van der Waals surface area (Å²) in [5.41, 5.74) is 7.54. The summed E-state index contributed by atoms with van der Waals surface area (Å²) in [4.78, 5) is 5.49. The fourth-order valence-electron chi connectivity index (χ4n) is 0.0596. The van der Waals surface area contributed by atoms with Crippen LogP contribution in [0.25, 0.3) is 10.4 Å². The van der Waals surface area contributed by atoms with Crippen molar-refractivity contribution in [3.63, 3.8) is 0 Å². The van der Waals surface area contributed by atoms with Crippen LogP contribution in [0, 0.1) is 0 Å². The van der Waals surface area contributed by atoms with Gasteiger partial charge in [-0.1, -0.05) is 0 Å². The Morgan fingerprint density at radius 1 is 1.83 bits per heavy atom. The van der Waals surface area contributed by atoms with Gasteiger partial charge in [0.25, 0.3) is 0 Å². The lowest BCUT2D eigenvalue weighted by molar-refractivity contribution is 1.67. The van der Waals surface area contributed by atoms with E-state index in [1.807, 2.05) is 0 Å². The van der Waals surface area contributed by atoms with Crippen LogP contribution in [0.5, 0.6) is 0 Å². The molecule has 0 aromatic heterocycles. The zero-order valence-corrected chi connectivity index (χ0v) is 3.07. The summed E-state index contributed by atoms with van der Waals surface area (Å²) >= 11 is 0. The van der Waals surface area contributed by atoms with Gasteiger partial charge in [-0.05, 0) is 17.2 Å². The van der Waals surface area contributed by atoms with Crippen LogP contribution in [-0.2, 0) is 0 Å². The highest BCUT2D eigenvalue weighted by Crippen LogP contribution is 1.61. The second kappa shape index (κ2) is 4.04. The quantitative estimate of drug-likeness (QED) is 0.153. The third-order valence-electron chi connectivity index (χ3n) is 0.185. The fraction of sp³-hybridized carbons (Fsp3) is 0. The molecule has 5 heteroatoms. The molecule has 0 aromatic carbocycles. The van der Waals surface area contributed by atoms with Crippen molar-refractivity contribution in [3.8, 4) is 0 Å². The van der Waals surface area contributed by atoms with Crippen LogP contribution in [0.15, 0.2) is 9.93 Å². The third-order valence-corrected chi connectivity index (χ3v) is 0.185. The highest BCUT2D eigenvalue weighted by atomic mass is 15.1. The maximum Gasteiger partial charge on any atom is 0.376 e. The second-order valence-corrected chi connectivity index (χ2v) is 0.503. The average Bonchev–Trinajstić information content (AvgIpc) is 1.61. The number of azide groups is 1. The Balaban J connectivity index is 3.07. The number of nitrogens with zero attached hydrogens (tertiary/aromatic N) is 4. The maximum atomic E-state index is 7.54. The maximum absolute atomic E-state index is 7.54. The summed E-state index contributed by atoms with van der Waals surface area (Å²) in [6, 6.07) is 0. The van der Waals surface area contributed by atoms with Gasteiger partial charge in [0.1, 0.15) is 0 Å². The molecule has 0 bridgehead atoms. The van der Waals surface area contributed by atoms with E-state index in [9.17, 15) is 0 Å². The fourth-order valence-corrected chi connectivity index (χ4v) is 0.0596. The van der Waals surface area contributed by atoms with Gasteiger partial charge in [-0.2, -0.15) is 0 Å². The lowest BCUT2D eigenvalue weighted by Gasteiger charge is -1.61. The molecule has 4 nitrogen and oxygen atoms in total. The van der Waals surface area contributed by atoms with Gasteiger partial charge >= 0.3 is 7.55 Å². The molecule has 0 unspecified atom stereocenters. The van der Waals surface area contributed by atoms with Gasteiger partial charge in [-0.25, -0.2) is 0 Å². The summed E-state index contributed by atoms with van der Waals surface area (Å²) in [5.74, 6) is 0. The van der Waals surface area contributed by atoms with E-state index in [2.05, 4.69) is 21.6 Å². The first kappa shape index (κ1) is 5.04. The van der Waals surface area contributed by atoms with Crippen molar-refractivity contribution in [1.82, 2.24) is 0 Å². The number of hydrogen-bond donors (Lipinski definition) is 0. The van der Waals surface area contributed by atoms with E-state index in [1.165, 1.54) is 0 Å². The van der Waals surface area contributed by atoms with Gasteiger partial charge < -0.3 is 4.90 Å². The zero-order valence-electron chi connectivity index (χ0n) is 3.07. The Bertz CT molecular complexity index is 81.5. The molecular weight excluding hydrogens is 78.9 g/mol. The average molecular weight is 80.9 g/mol. The van der Waals surface area contributed by atoms with Crippen LogP contribution >= 0.6 is 0 Å². The number of hydrogen-bond acceptors (Lipinski definition) is 2. The molecule has 0 saturated heterocycles. The van der Waals surface area contributed by atoms with E-state index < -0.39 is 0 Å². The Morgan fingerprint density at radius 3 is 2.67 bits per heavy atom. The molecule has 0 spiro atoms. The summed E-state index contributed by atoms with van der Waals surface area (Å²) in [6.45, 7) is 3.03. The van der Waals surface area contributed by atoms with E-state index in [-0.39, 0.29) is 0 Å². The molecule has 0 rings (SSSR count). The minimum absolute atomic E-state index is 1.03. The molecule has 0 heterocycles. The highest BCUT2D eigenvalue weighted by molar-refractivity contribution is 6.31. The molecule has 1 radical (unpaired) electrons. The molecule has 6 heavy (non-hydrogen) atoms. The van der Waals surface area contributed by atoms with Gasteiger partial charge in [-0.3, -0.25) is 0 Å². The predicted molar refractivity (Wildman–Crippen MR) is 24.4 cm³/mol. The van der Waals surface area contributed by atoms with Crippen LogP contribution in [0.2, 0.25) is 0 Å². The highest BCUT2D eigenvalue weighted by Gasteiger charge is 1.66. The van der Waals surface area contributed by atoms with Gasteiger partial charge in [0, 0.05) is 0 Å². The van der Waals surface area contributed by atoms with Gasteiger partial charge in [-0.15, -0.1) is 5.03 Å². The first-order chi connectivity index (χ1) is 2.91. The Labute approximate surface area is 35.8 Å². The van der Waals surface area contributed by atoms with E-state index in [0.717, 1.165) is 7.55 Å². The zero-order chi connectivity index (χ0) is 4.83. The Kier molecular flexibility index (Phi) is 3.40. The number of rotatable bonds is 2. The standard InChI is InChI=1S/CH2BN4/c1-4-2-5-6-3/h1H2. The molecule has 0 atom stereocenters. The van der Waals surface area contributed by atoms with Crippen molar-refractivity contribution in [2.45, 2.75) is 0 Å². The summed E-state index contributed by atoms with van der Waals surface area (Å²) in [7, 11) is 1.03. The molecule has 0 saturated carbocycles. The van der Waals surface area contributed by atoms with E-state index in [4.69, 9.17) is 5.53 Å². The van der Waals surface area contributed by atoms with Crippen molar-refractivity contribution < 1.29 is 0 Å². The first-order valence-electron chi connectivity index (χ1n) is 1.23. The van der Waals surface area contributed by atoms with Crippen molar-refractivity contribution in [2.24, 2.45) is 9.93 Å². The van der Waals surface area contributed by atoms with Crippen LogP contribution in [-0.4, -0.2) is 14.3 Å². The van der Waals surface area contributed by atoms with Crippen molar-refractivity contribution in [2.75, 3.05) is 0 Å². The van der Waals surface area contributed by atoms with E-state index in [1.54, 1.807) is 0 Å². The van der Waals surface area contributed by atoms with Crippen molar-refractivity contribution in [1.29, 1.82) is 0 Å². The van der Waals surface area contributed by atoms with Gasteiger partial charge in [0.05, 0.1) is 0 Å². The largest absolute Gasteiger partial charge is 0.376 e. The molecule has 0 N–H and O–H groups in total. The molecule has 0 aliphatic carbocycles. The Hall–Kier alpha value is -0.955. The monoisotopic (exact) mass is 81.0 g/mol. The van der Waals surface area contributed by atoms with Crippen LogP contribution in [0.4, 0.5) is 0 Å². The van der Waals surface area contributed by atoms with Crippen LogP contribution in [0.3, 0.4) is 0 Å². The molecule has 0 fully saturated rings. The van der Waals surface area contributed by atoms with Gasteiger partial charge in [0.15, 0.2) is 0 Å². The normalized spacial score (nSPS) is 5.33. The lowest BCUT2D eigenvalue weighted by Crippen LogP contribution is -1.68. The molecular formula is CH2BN4. The van der Waals surface area contributed by atoms with Crippen LogP contribution in [0.1, 0.15) is 0 Å². The summed E-state index contributed by atoms with van der Waals surface area (Å²) in [6.07, 6.45) is 0. The van der Waals surface area contributed by atoms with Crippen LogP contribution < -0.4 is 0 Å². The topological polar surface area (TPSA) is 61.1 Å². The minimum atomic E-state index is 1.03. The summed E-state index contributed by atoms with van der Waals surface area (Å²) in [5, 5.41) is 2.92. The molecule has 0 aromatic rings. The van der Waals surface area contributed by atoms with Crippen molar-refractivity contribution in [3.05, 3.63) is 10.4 Å². The molecule has 0 aliphatic rings. The second-order valence-electron chi connectivity index (χ2n) is 0.503. The minimum Gasteiger partial charge on any atom is -0.356 e. The van der Waals surface area contributed by atoms with E-state index in [0.29, 0.717) is 0 Å². The molecule has 0 aliphatic heterocycles. The molecule has 0 amide bonds. The van der Waals surface area contributed by atoms with Gasteiger partial charge in [0.2, 0.25) is 0 Å². The summed E-state index contributed by atoms with van der Waals surface area (Å²) < 4.78 is 0. The third kappa shape index (κ3) is 3.04. The molecule has 29 valence electrons. The lowest BCUT2D eigenvalue weighted by atomic mass is 10.2. The predicted octanol–water partition coefficient (Wildman–Crippen LogP) is 0.531. The Morgan fingerprint density at radius 2 is 2.50 bits per heavy atom.